The maximum absolute atomic E-state index is 12.3. The number of hydrogen-bond acceptors (Lipinski definition) is 4. The summed E-state index contributed by atoms with van der Waals surface area (Å²) in [5.41, 5.74) is -1.18. The van der Waals surface area contributed by atoms with Gasteiger partial charge in [0.25, 0.3) is 0 Å². The Morgan fingerprint density at radius 3 is 2.35 bits per heavy atom. The van der Waals surface area contributed by atoms with E-state index in [1.165, 1.54) is 0 Å². The van der Waals surface area contributed by atoms with Crippen molar-refractivity contribution in [3.8, 4) is 0 Å². The van der Waals surface area contributed by atoms with Crippen molar-refractivity contribution in [3.63, 3.8) is 0 Å². The summed E-state index contributed by atoms with van der Waals surface area (Å²) in [5.74, 6) is -0.208. The van der Waals surface area contributed by atoms with Crippen molar-refractivity contribution in [2.45, 2.75) is 58.2 Å². The van der Waals surface area contributed by atoms with Gasteiger partial charge in [0.15, 0.2) is 5.60 Å². The summed E-state index contributed by atoms with van der Waals surface area (Å²) in [6.07, 6.45) is 2.31. The van der Waals surface area contributed by atoms with Crippen molar-refractivity contribution in [2.24, 2.45) is 0 Å². The molecular weight excluding hydrogens is 218 g/mol. The second-order valence-electron chi connectivity index (χ2n) is 5.59. The van der Waals surface area contributed by atoms with Crippen LogP contribution in [-0.2, 0) is 14.3 Å². The topological polar surface area (TPSA) is 47.6 Å². The first-order valence-electron chi connectivity index (χ1n) is 6.48. The van der Waals surface area contributed by atoms with Crippen LogP contribution < -0.4 is 5.32 Å². The number of hydrogen-bond donors (Lipinski definition) is 1. The number of carbonyl (C=O) groups is 1. The van der Waals surface area contributed by atoms with Gasteiger partial charge in [-0.1, -0.05) is 6.92 Å². The normalized spacial score (nSPS) is 20.0. The Morgan fingerprint density at radius 2 is 1.88 bits per heavy atom. The van der Waals surface area contributed by atoms with Crippen LogP contribution in [0.4, 0.5) is 0 Å². The lowest BCUT2D eigenvalue weighted by molar-refractivity contribution is -0.187. The largest absolute Gasteiger partial charge is 0.458 e. The molecule has 1 heterocycles. The lowest BCUT2D eigenvalue weighted by atomic mass is 9.92. The molecule has 0 saturated carbocycles. The van der Waals surface area contributed by atoms with Crippen LogP contribution in [-0.4, -0.2) is 36.9 Å². The molecule has 0 bridgehead atoms. The van der Waals surface area contributed by atoms with Crippen LogP contribution in [0.2, 0.25) is 0 Å². The van der Waals surface area contributed by atoms with Crippen LogP contribution >= 0.6 is 0 Å². The van der Waals surface area contributed by atoms with Crippen LogP contribution in [0.5, 0.6) is 0 Å². The molecule has 0 aromatic rings. The van der Waals surface area contributed by atoms with Crippen molar-refractivity contribution in [1.29, 1.82) is 0 Å². The maximum Gasteiger partial charge on any atom is 0.339 e. The maximum atomic E-state index is 12.3. The van der Waals surface area contributed by atoms with Crippen LogP contribution in [0.15, 0.2) is 0 Å². The van der Waals surface area contributed by atoms with E-state index in [0.717, 1.165) is 19.5 Å². The zero-order valence-electron chi connectivity index (χ0n) is 11.5. The molecule has 1 N–H and O–H groups in total. The van der Waals surface area contributed by atoms with E-state index < -0.39 is 11.2 Å². The molecule has 17 heavy (non-hydrogen) atoms. The van der Waals surface area contributed by atoms with Gasteiger partial charge in [-0.2, -0.15) is 0 Å². The van der Waals surface area contributed by atoms with Crippen LogP contribution in [0.1, 0.15) is 47.0 Å². The minimum Gasteiger partial charge on any atom is -0.458 e. The molecule has 0 aliphatic carbocycles. The Hall–Kier alpha value is -0.610. The molecule has 0 unspecified atom stereocenters. The predicted octanol–water partition coefficient (Wildman–Crippen LogP) is 1.88. The van der Waals surface area contributed by atoms with E-state index in [-0.39, 0.29) is 5.97 Å². The van der Waals surface area contributed by atoms with Crippen LogP contribution in [0, 0.1) is 0 Å². The van der Waals surface area contributed by atoms with Gasteiger partial charge in [-0.3, -0.25) is 0 Å². The van der Waals surface area contributed by atoms with Gasteiger partial charge in [0.1, 0.15) is 5.60 Å². The van der Waals surface area contributed by atoms with Gasteiger partial charge in [0.05, 0.1) is 0 Å². The summed E-state index contributed by atoms with van der Waals surface area (Å²) in [7, 11) is 0. The zero-order valence-corrected chi connectivity index (χ0v) is 11.5. The lowest BCUT2D eigenvalue weighted by Gasteiger charge is -2.37. The molecule has 0 radical (unpaired) electrons. The molecule has 0 aromatic carbocycles. The van der Waals surface area contributed by atoms with Gasteiger partial charge < -0.3 is 14.8 Å². The van der Waals surface area contributed by atoms with E-state index in [1.807, 2.05) is 27.7 Å². The van der Waals surface area contributed by atoms with Crippen LogP contribution in [0.25, 0.3) is 0 Å². The Morgan fingerprint density at radius 1 is 1.29 bits per heavy atom. The molecule has 1 saturated heterocycles. The zero-order chi connectivity index (χ0) is 12.9. The van der Waals surface area contributed by atoms with Crippen molar-refractivity contribution in [2.75, 3.05) is 19.7 Å². The molecule has 0 aromatic heterocycles. The first kappa shape index (κ1) is 14.5. The molecule has 0 spiro atoms. The fourth-order valence-corrected chi connectivity index (χ4v) is 1.91. The standard InChI is InChI=1S/C13H25NO3/c1-5-10-16-13(6-8-14-9-7-13)11(15)17-12(2,3)4/h14H,5-10H2,1-4H3. The molecule has 1 rings (SSSR count). The Kier molecular flexibility index (Phi) is 4.95. The third kappa shape index (κ3) is 4.28. The summed E-state index contributed by atoms with van der Waals surface area (Å²) >= 11 is 0. The van der Waals surface area contributed by atoms with Crippen LogP contribution in [0.3, 0.4) is 0 Å². The summed E-state index contributed by atoms with van der Waals surface area (Å²) in [6.45, 7) is 9.94. The van der Waals surface area contributed by atoms with Gasteiger partial charge in [-0.25, -0.2) is 4.79 Å². The molecule has 1 aliphatic heterocycles. The number of ether oxygens (including phenoxy) is 2. The Balaban J connectivity index is 2.70. The highest BCUT2D eigenvalue weighted by Crippen LogP contribution is 2.27. The average molecular weight is 243 g/mol. The smallest absolute Gasteiger partial charge is 0.339 e. The Bertz CT molecular complexity index is 252. The Labute approximate surface area is 104 Å². The molecule has 1 fully saturated rings. The van der Waals surface area contributed by atoms with E-state index >= 15 is 0 Å². The molecule has 4 nitrogen and oxygen atoms in total. The lowest BCUT2D eigenvalue weighted by Crippen LogP contribution is -2.52. The van der Waals surface area contributed by atoms with Gasteiger partial charge in [0, 0.05) is 6.61 Å². The molecule has 0 amide bonds. The first-order valence-corrected chi connectivity index (χ1v) is 6.48. The number of nitrogens with one attached hydrogen (secondary N) is 1. The van der Waals surface area contributed by atoms with E-state index in [0.29, 0.717) is 19.4 Å². The number of esters is 1. The van der Waals surface area contributed by atoms with E-state index in [2.05, 4.69) is 5.32 Å². The predicted molar refractivity (Wildman–Crippen MR) is 66.9 cm³/mol. The minimum absolute atomic E-state index is 0.208. The SMILES string of the molecule is CCCOC1(C(=O)OC(C)(C)C)CCNCC1. The van der Waals surface area contributed by atoms with E-state index in [1.54, 1.807) is 0 Å². The van der Waals surface area contributed by atoms with Crippen molar-refractivity contribution in [1.82, 2.24) is 5.32 Å². The highest BCUT2D eigenvalue weighted by molar-refractivity contribution is 5.80. The third-order valence-corrected chi connectivity index (χ3v) is 2.76. The van der Waals surface area contributed by atoms with Gasteiger partial charge >= 0.3 is 5.97 Å². The van der Waals surface area contributed by atoms with Gasteiger partial charge in [-0.05, 0) is 53.1 Å². The van der Waals surface area contributed by atoms with E-state index in [4.69, 9.17) is 9.47 Å². The third-order valence-electron chi connectivity index (χ3n) is 2.76. The summed E-state index contributed by atoms with van der Waals surface area (Å²) in [6, 6.07) is 0. The number of carbonyl (C=O) groups excluding carboxylic acids is 1. The molecule has 1 aliphatic rings. The average Bonchev–Trinajstić information content (AvgIpc) is 2.25. The van der Waals surface area contributed by atoms with Crippen molar-refractivity contribution in [3.05, 3.63) is 0 Å². The number of piperidine rings is 1. The number of rotatable bonds is 4. The fraction of sp³-hybridized carbons (Fsp3) is 0.923. The summed E-state index contributed by atoms with van der Waals surface area (Å²) in [4.78, 5) is 12.3. The highest BCUT2D eigenvalue weighted by atomic mass is 16.6. The monoisotopic (exact) mass is 243 g/mol. The van der Waals surface area contributed by atoms with Crippen molar-refractivity contribution < 1.29 is 14.3 Å². The van der Waals surface area contributed by atoms with Gasteiger partial charge in [0.2, 0.25) is 0 Å². The first-order chi connectivity index (χ1) is 7.90. The second kappa shape index (κ2) is 5.83. The van der Waals surface area contributed by atoms with E-state index in [9.17, 15) is 4.79 Å². The second-order valence-corrected chi connectivity index (χ2v) is 5.59. The molecule has 0 atom stereocenters. The molecular formula is C13H25NO3. The van der Waals surface area contributed by atoms with Crippen molar-refractivity contribution >= 4 is 5.97 Å². The highest BCUT2D eigenvalue weighted by Gasteiger charge is 2.43. The van der Waals surface area contributed by atoms with Gasteiger partial charge in [-0.15, -0.1) is 0 Å². The quantitative estimate of drug-likeness (QED) is 0.766. The summed E-state index contributed by atoms with van der Waals surface area (Å²) in [5, 5.41) is 3.25. The summed E-state index contributed by atoms with van der Waals surface area (Å²) < 4.78 is 11.3. The molecule has 100 valence electrons. The molecule has 4 heteroatoms. The fourth-order valence-electron chi connectivity index (χ4n) is 1.91. The minimum atomic E-state index is -0.728.